The van der Waals surface area contributed by atoms with Crippen LogP contribution in [0.3, 0.4) is 0 Å². The minimum absolute atomic E-state index is 0.164. The summed E-state index contributed by atoms with van der Waals surface area (Å²) in [6.45, 7) is 2.31. The molecule has 2 aromatic carbocycles. The van der Waals surface area contributed by atoms with Crippen LogP contribution in [-0.2, 0) is 0 Å². The average molecular weight is 475 g/mol. The number of para-hydroxylation sites is 1. The first kappa shape index (κ1) is 20.5. The summed E-state index contributed by atoms with van der Waals surface area (Å²) in [5.41, 5.74) is 2.37. The third kappa shape index (κ3) is 3.61. The quantitative estimate of drug-likeness (QED) is 0.433. The number of fused-ring (bicyclic) bond motifs is 2. The molecule has 1 amide bonds. The van der Waals surface area contributed by atoms with Gasteiger partial charge in [0.25, 0.3) is 5.91 Å². The van der Waals surface area contributed by atoms with Gasteiger partial charge in [-0.15, -0.1) is 5.10 Å². The summed E-state index contributed by atoms with van der Waals surface area (Å²) in [5.74, 6) is -0.463. The van der Waals surface area contributed by atoms with Crippen LogP contribution >= 0.6 is 11.3 Å². The van der Waals surface area contributed by atoms with Crippen LogP contribution in [-0.4, -0.2) is 56.6 Å². The van der Waals surface area contributed by atoms with Crippen molar-refractivity contribution in [3.63, 3.8) is 0 Å². The highest BCUT2D eigenvalue weighted by Gasteiger charge is 2.25. The number of anilines is 1. The Hall–Kier alpha value is -4.05. The maximum Gasteiger partial charge on any atom is 0.270 e. The molecule has 0 radical (unpaired) electrons. The second-order valence-electron chi connectivity index (χ2n) is 8.12. The second kappa shape index (κ2) is 8.07. The molecule has 1 saturated heterocycles. The lowest BCUT2D eigenvalue weighted by atomic mass is 10.2. The van der Waals surface area contributed by atoms with Gasteiger partial charge in [-0.25, -0.2) is 13.9 Å². The smallest absolute Gasteiger partial charge is 0.270 e. The Balaban J connectivity index is 1.16. The number of piperazine rings is 1. The van der Waals surface area contributed by atoms with Crippen LogP contribution in [0.2, 0.25) is 0 Å². The van der Waals surface area contributed by atoms with Crippen LogP contribution in [0, 0.1) is 5.82 Å². The molecular weight excluding hydrogens is 455 g/mol. The predicted octanol–water partition coefficient (Wildman–Crippen LogP) is 3.40. The number of carbonyl (C=O) groups excluding carboxylic acids is 1. The minimum atomic E-state index is -0.283. The Morgan fingerprint density at radius 3 is 2.56 bits per heavy atom. The van der Waals surface area contributed by atoms with E-state index in [-0.39, 0.29) is 17.2 Å². The number of amides is 1. The number of hydrogen-bond acceptors (Lipinski definition) is 6. The van der Waals surface area contributed by atoms with Crippen LogP contribution in [0.1, 0.15) is 10.5 Å². The number of carbonyl (C=O) groups is 1. The van der Waals surface area contributed by atoms with Crippen molar-refractivity contribution in [2.45, 2.75) is 0 Å². The molecule has 0 saturated carbocycles. The largest absolute Gasteiger partial charge is 0.350 e. The molecule has 0 atom stereocenters. The van der Waals surface area contributed by atoms with E-state index >= 15 is 0 Å². The van der Waals surface area contributed by atoms with E-state index in [1.807, 2.05) is 12.3 Å². The topological polar surface area (TPSA) is 86.6 Å². The second-order valence-corrected chi connectivity index (χ2v) is 9.05. The molecule has 34 heavy (non-hydrogen) atoms. The van der Waals surface area contributed by atoms with Crippen molar-refractivity contribution in [3.8, 4) is 11.3 Å². The number of hydrogen-bond donors (Lipinski definition) is 1. The van der Waals surface area contributed by atoms with Crippen molar-refractivity contribution in [3.05, 3.63) is 82.5 Å². The summed E-state index contributed by atoms with van der Waals surface area (Å²) < 4.78 is 14.9. The molecule has 8 nitrogen and oxygen atoms in total. The first-order valence-electron chi connectivity index (χ1n) is 10.8. The summed E-state index contributed by atoms with van der Waals surface area (Å²) in [6, 6.07) is 14.8. The molecule has 0 unspecified atom stereocenters. The summed E-state index contributed by atoms with van der Waals surface area (Å²) in [6.07, 6.45) is 1.83. The number of benzene rings is 2. The zero-order valence-electron chi connectivity index (χ0n) is 17.9. The molecule has 0 bridgehead atoms. The summed E-state index contributed by atoms with van der Waals surface area (Å²) in [4.78, 5) is 37.7. The lowest BCUT2D eigenvalue weighted by molar-refractivity contribution is 0.0741. The van der Waals surface area contributed by atoms with Gasteiger partial charge in [0.15, 0.2) is 5.43 Å². The normalized spacial score (nSPS) is 14.3. The highest BCUT2D eigenvalue weighted by atomic mass is 32.1. The van der Waals surface area contributed by atoms with Gasteiger partial charge in [-0.2, -0.15) is 0 Å². The Bertz CT molecular complexity index is 1550. The van der Waals surface area contributed by atoms with Gasteiger partial charge in [-0.05, 0) is 36.4 Å². The van der Waals surface area contributed by atoms with Crippen molar-refractivity contribution >= 4 is 38.2 Å². The molecule has 170 valence electrons. The Labute approximate surface area is 196 Å². The van der Waals surface area contributed by atoms with E-state index in [0.29, 0.717) is 42.8 Å². The molecule has 1 N–H and O–H groups in total. The SMILES string of the molecule is O=C(c1cc(=O)c2ccccc2[nH]1)N1CCN(c2nn3cc(-c4ccc(F)cc4)nc3s2)CC1. The molecule has 4 heterocycles. The number of imidazole rings is 1. The van der Waals surface area contributed by atoms with Crippen LogP contribution < -0.4 is 10.3 Å². The van der Waals surface area contributed by atoms with Gasteiger partial charge in [0.2, 0.25) is 10.1 Å². The van der Waals surface area contributed by atoms with Crippen LogP contribution in [0.25, 0.3) is 27.1 Å². The van der Waals surface area contributed by atoms with Crippen molar-refractivity contribution in [1.29, 1.82) is 0 Å². The van der Waals surface area contributed by atoms with E-state index in [0.717, 1.165) is 21.3 Å². The van der Waals surface area contributed by atoms with E-state index in [9.17, 15) is 14.0 Å². The number of nitrogens with one attached hydrogen (secondary N) is 1. The first-order chi connectivity index (χ1) is 16.5. The fraction of sp³-hybridized carbons (Fsp3) is 0.167. The molecule has 6 rings (SSSR count). The number of aromatic amines is 1. The Morgan fingerprint density at radius 2 is 1.79 bits per heavy atom. The van der Waals surface area contributed by atoms with Gasteiger partial charge in [0.1, 0.15) is 11.5 Å². The zero-order valence-corrected chi connectivity index (χ0v) is 18.8. The molecule has 1 aliphatic rings. The molecule has 1 aliphatic heterocycles. The predicted molar refractivity (Wildman–Crippen MR) is 129 cm³/mol. The van der Waals surface area contributed by atoms with Gasteiger partial charge in [0, 0.05) is 48.7 Å². The molecular formula is C24H19FN6O2S. The Kier molecular flexibility index (Phi) is 4.88. The number of rotatable bonds is 3. The van der Waals surface area contributed by atoms with Crippen molar-refractivity contribution in [2.75, 3.05) is 31.1 Å². The van der Waals surface area contributed by atoms with Gasteiger partial charge < -0.3 is 14.8 Å². The van der Waals surface area contributed by atoms with E-state index < -0.39 is 0 Å². The number of halogens is 1. The van der Waals surface area contributed by atoms with Crippen LogP contribution in [0.4, 0.5) is 9.52 Å². The monoisotopic (exact) mass is 474 g/mol. The van der Waals surface area contributed by atoms with E-state index in [1.165, 1.54) is 29.5 Å². The lowest BCUT2D eigenvalue weighted by Crippen LogP contribution is -2.49. The Morgan fingerprint density at radius 1 is 1.03 bits per heavy atom. The maximum atomic E-state index is 13.2. The van der Waals surface area contributed by atoms with Gasteiger partial charge >= 0.3 is 0 Å². The van der Waals surface area contributed by atoms with E-state index in [1.54, 1.807) is 39.7 Å². The molecule has 1 fully saturated rings. The number of H-pyrrole nitrogens is 1. The molecule has 0 aliphatic carbocycles. The number of pyridine rings is 1. The third-order valence-electron chi connectivity index (χ3n) is 5.98. The number of aromatic nitrogens is 4. The fourth-order valence-corrected chi connectivity index (χ4v) is 5.10. The standard InChI is InChI=1S/C24H19FN6O2S/c25-16-7-5-15(6-8-16)20-14-31-23(27-20)34-24(28-31)30-11-9-29(10-12-30)22(33)19-13-21(32)17-3-1-2-4-18(17)26-19/h1-8,13-14H,9-12H2,(H,26,32). The molecule has 10 heteroatoms. The highest BCUT2D eigenvalue weighted by Crippen LogP contribution is 2.27. The minimum Gasteiger partial charge on any atom is -0.350 e. The maximum absolute atomic E-state index is 13.2. The van der Waals surface area contributed by atoms with Crippen molar-refractivity contribution < 1.29 is 9.18 Å². The van der Waals surface area contributed by atoms with Gasteiger partial charge in [-0.1, -0.05) is 23.5 Å². The summed E-state index contributed by atoms with van der Waals surface area (Å²) in [7, 11) is 0. The van der Waals surface area contributed by atoms with Crippen molar-refractivity contribution in [2.24, 2.45) is 0 Å². The summed E-state index contributed by atoms with van der Waals surface area (Å²) >= 11 is 1.47. The molecule has 0 spiro atoms. The van der Waals surface area contributed by atoms with E-state index in [2.05, 4.69) is 20.0 Å². The van der Waals surface area contributed by atoms with Crippen LogP contribution in [0.5, 0.6) is 0 Å². The van der Waals surface area contributed by atoms with Crippen molar-refractivity contribution in [1.82, 2.24) is 24.5 Å². The zero-order chi connectivity index (χ0) is 23.2. The highest BCUT2D eigenvalue weighted by molar-refractivity contribution is 7.20. The molecule has 3 aromatic heterocycles. The fourth-order valence-electron chi connectivity index (χ4n) is 4.16. The third-order valence-corrected chi connectivity index (χ3v) is 6.96. The average Bonchev–Trinajstić information content (AvgIpc) is 3.44. The molecule has 5 aromatic rings. The first-order valence-corrected chi connectivity index (χ1v) is 11.7. The van der Waals surface area contributed by atoms with Crippen LogP contribution in [0.15, 0.2) is 65.6 Å². The van der Waals surface area contributed by atoms with Gasteiger partial charge in [-0.3, -0.25) is 9.59 Å². The number of nitrogens with zero attached hydrogens (tertiary/aromatic N) is 5. The van der Waals surface area contributed by atoms with Gasteiger partial charge in [0.05, 0.1) is 11.9 Å². The lowest BCUT2D eigenvalue weighted by Gasteiger charge is -2.34. The summed E-state index contributed by atoms with van der Waals surface area (Å²) in [5, 5.41) is 6.05. The van der Waals surface area contributed by atoms with E-state index in [4.69, 9.17) is 0 Å².